The molecule has 0 unspecified atom stereocenters. The summed E-state index contributed by atoms with van der Waals surface area (Å²) in [5.74, 6) is 0.509. The number of nitrogens with one attached hydrogen (secondary N) is 1. The fourth-order valence-electron chi connectivity index (χ4n) is 2.24. The molecule has 0 aromatic heterocycles. The van der Waals surface area contributed by atoms with Crippen LogP contribution in [0.4, 0.5) is 5.69 Å². The molecule has 0 aliphatic carbocycles. The Balaban J connectivity index is 1.89. The van der Waals surface area contributed by atoms with Crippen molar-refractivity contribution in [3.05, 3.63) is 63.7 Å². The van der Waals surface area contributed by atoms with Gasteiger partial charge in [0, 0.05) is 23.7 Å². The van der Waals surface area contributed by atoms with Crippen LogP contribution in [0.1, 0.15) is 15.9 Å². The summed E-state index contributed by atoms with van der Waals surface area (Å²) < 4.78 is 10.6. The van der Waals surface area contributed by atoms with Gasteiger partial charge in [-0.15, -0.1) is 0 Å². The summed E-state index contributed by atoms with van der Waals surface area (Å²) in [5, 5.41) is 23.4. The Kier molecular flexibility index (Phi) is 6.51. The number of aryl methyl sites for hydroxylation is 1. The minimum Gasteiger partial charge on any atom is -0.493 e. The summed E-state index contributed by atoms with van der Waals surface area (Å²) in [6, 6.07) is 11.2. The van der Waals surface area contributed by atoms with E-state index in [9.17, 15) is 20.0 Å². The van der Waals surface area contributed by atoms with Crippen LogP contribution in [-0.4, -0.2) is 42.3 Å². The lowest BCUT2D eigenvalue weighted by atomic mass is 10.1. The highest BCUT2D eigenvalue weighted by molar-refractivity contribution is 5.95. The van der Waals surface area contributed by atoms with Gasteiger partial charge in [-0.05, 0) is 25.1 Å². The zero-order valence-electron chi connectivity index (χ0n) is 14.5. The van der Waals surface area contributed by atoms with E-state index in [2.05, 4.69) is 5.32 Å². The lowest BCUT2D eigenvalue weighted by molar-refractivity contribution is -0.385. The molecule has 0 spiro atoms. The number of aliphatic hydroxyl groups excluding tert-OH is 1. The van der Waals surface area contributed by atoms with E-state index in [0.29, 0.717) is 17.1 Å². The van der Waals surface area contributed by atoms with Crippen molar-refractivity contribution in [1.29, 1.82) is 0 Å². The molecule has 138 valence electrons. The molecule has 8 nitrogen and oxygen atoms in total. The average Bonchev–Trinajstić information content (AvgIpc) is 2.64. The quantitative estimate of drug-likeness (QED) is 0.551. The predicted molar refractivity (Wildman–Crippen MR) is 94.7 cm³/mol. The molecule has 2 aromatic carbocycles. The molecular formula is C18H20N2O6. The fourth-order valence-corrected chi connectivity index (χ4v) is 2.24. The molecule has 8 heteroatoms. The van der Waals surface area contributed by atoms with E-state index in [-0.39, 0.29) is 24.4 Å². The van der Waals surface area contributed by atoms with Crippen molar-refractivity contribution in [2.75, 3.05) is 20.3 Å². The molecule has 0 fully saturated rings. The molecule has 0 aliphatic heterocycles. The third-order valence-electron chi connectivity index (χ3n) is 3.67. The lowest BCUT2D eigenvalue weighted by Gasteiger charge is -2.15. The minimum atomic E-state index is -0.954. The number of hydrogen-bond acceptors (Lipinski definition) is 6. The van der Waals surface area contributed by atoms with Gasteiger partial charge in [-0.1, -0.05) is 18.2 Å². The number of amides is 1. The number of carbonyl (C=O) groups is 1. The third-order valence-corrected chi connectivity index (χ3v) is 3.67. The van der Waals surface area contributed by atoms with Crippen LogP contribution in [0.25, 0.3) is 0 Å². The van der Waals surface area contributed by atoms with Gasteiger partial charge in [0.25, 0.3) is 11.6 Å². The van der Waals surface area contributed by atoms with Crippen molar-refractivity contribution < 1.29 is 24.3 Å². The molecule has 0 radical (unpaired) electrons. The van der Waals surface area contributed by atoms with Crippen molar-refractivity contribution in [2.45, 2.75) is 13.0 Å². The van der Waals surface area contributed by atoms with Gasteiger partial charge in [0.1, 0.15) is 12.7 Å². The molecule has 1 amide bonds. The van der Waals surface area contributed by atoms with Crippen molar-refractivity contribution in [2.24, 2.45) is 0 Å². The second-order valence-electron chi connectivity index (χ2n) is 5.58. The summed E-state index contributed by atoms with van der Waals surface area (Å²) in [6.07, 6.45) is -0.954. The van der Waals surface area contributed by atoms with Crippen molar-refractivity contribution in [3.8, 4) is 11.5 Å². The molecule has 0 heterocycles. The highest BCUT2D eigenvalue weighted by Crippen LogP contribution is 2.25. The largest absolute Gasteiger partial charge is 0.493 e. The molecule has 0 saturated heterocycles. The number of ether oxygens (including phenoxy) is 2. The number of nitrogens with zero attached hydrogens (tertiary/aromatic N) is 1. The number of rotatable bonds is 8. The molecular weight excluding hydrogens is 340 g/mol. The van der Waals surface area contributed by atoms with Crippen LogP contribution < -0.4 is 14.8 Å². The summed E-state index contributed by atoms with van der Waals surface area (Å²) in [6.45, 7) is 1.49. The van der Waals surface area contributed by atoms with Gasteiger partial charge in [0.15, 0.2) is 11.5 Å². The van der Waals surface area contributed by atoms with Gasteiger partial charge >= 0.3 is 0 Å². The van der Waals surface area contributed by atoms with Gasteiger partial charge in [0.2, 0.25) is 0 Å². The summed E-state index contributed by atoms with van der Waals surface area (Å²) in [5.41, 5.74) is 0.495. The normalized spacial score (nSPS) is 11.5. The van der Waals surface area contributed by atoms with Crippen LogP contribution in [0.2, 0.25) is 0 Å². The van der Waals surface area contributed by atoms with E-state index in [4.69, 9.17) is 9.47 Å². The van der Waals surface area contributed by atoms with Gasteiger partial charge in [0.05, 0.1) is 12.0 Å². The van der Waals surface area contributed by atoms with Gasteiger partial charge in [-0.25, -0.2) is 0 Å². The SMILES string of the molecule is COc1ccccc1OC[C@H](O)CNC(=O)c1ccc(C)c([N+](=O)[O-])c1. The van der Waals surface area contributed by atoms with E-state index >= 15 is 0 Å². The Bertz CT molecular complexity index is 793. The Morgan fingerprint density at radius 2 is 1.96 bits per heavy atom. The van der Waals surface area contributed by atoms with Gasteiger partial charge in [-0.3, -0.25) is 14.9 Å². The van der Waals surface area contributed by atoms with E-state index < -0.39 is 16.9 Å². The zero-order chi connectivity index (χ0) is 19.1. The first kappa shape index (κ1) is 19.2. The maximum absolute atomic E-state index is 12.1. The van der Waals surface area contributed by atoms with Gasteiger partial charge < -0.3 is 19.9 Å². The van der Waals surface area contributed by atoms with Crippen molar-refractivity contribution in [1.82, 2.24) is 5.32 Å². The Labute approximate surface area is 150 Å². The molecule has 0 bridgehead atoms. The first-order valence-corrected chi connectivity index (χ1v) is 7.89. The molecule has 0 aliphatic rings. The number of nitro groups is 1. The van der Waals surface area contributed by atoms with Crippen molar-refractivity contribution >= 4 is 11.6 Å². The fraction of sp³-hybridized carbons (Fsp3) is 0.278. The maximum atomic E-state index is 12.1. The third kappa shape index (κ3) is 4.93. The number of aliphatic hydroxyl groups is 1. The Morgan fingerprint density at radius 1 is 1.27 bits per heavy atom. The number of para-hydroxylation sites is 2. The summed E-state index contributed by atoms with van der Waals surface area (Å²) in [7, 11) is 1.51. The monoisotopic (exact) mass is 360 g/mol. The number of benzene rings is 2. The second-order valence-corrected chi connectivity index (χ2v) is 5.58. The molecule has 2 aromatic rings. The minimum absolute atomic E-state index is 0.0469. The van der Waals surface area contributed by atoms with E-state index in [1.165, 1.54) is 25.3 Å². The highest BCUT2D eigenvalue weighted by atomic mass is 16.6. The van der Waals surface area contributed by atoms with Crippen LogP contribution in [-0.2, 0) is 0 Å². The lowest BCUT2D eigenvalue weighted by Crippen LogP contribution is -2.35. The maximum Gasteiger partial charge on any atom is 0.273 e. The number of carbonyl (C=O) groups excluding carboxylic acids is 1. The predicted octanol–water partition coefficient (Wildman–Crippen LogP) is 2.08. The topological polar surface area (TPSA) is 111 Å². The molecule has 26 heavy (non-hydrogen) atoms. The highest BCUT2D eigenvalue weighted by Gasteiger charge is 2.16. The first-order valence-electron chi connectivity index (χ1n) is 7.89. The number of nitro benzene ring substituents is 1. The first-order chi connectivity index (χ1) is 12.4. The average molecular weight is 360 g/mol. The molecule has 2 rings (SSSR count). The van der Waals surface area contributed by atoms with Crippen LogP contribution in [0.5, 0.6) is 11.5 Å². The zero-order valence-corrected chi connectivity index (χ0v) is 14.5. The number of methoxy groups -OCH3 is 1. The standard InChI is InChI=1S/C18H20N2O6/c1-12-7-8-13(9-15(12)20(23)24)18(22)19-10-14(21)11-26-17-6-4-3-5-16(17)25-2/h3-9,14,21H,10-11H2,1-2H3,(H,19,22)/t14-/m1/s1. The summed E-state index contributed by atoms with van der Waals surface area (Å²) >= 11 is 0. The molecule has 0 saturated carbocycles. The molecule has 2 N–H and O–H groups in total. The molecule has 1 atom stereocenters. The van der Waals surface area contributed by atoms with Crippen LogP contribution in [0.3, 0.4) is 0 Å². The van der Waals surface area contributed by atoms with Crippen molar-refractivity contribution in [3.63, 3.8) is 0 Å². The Morgan fingerprint density at radius 3 is 2.62 bits per heavy atom. The van der Waals surface area contributed by atoms with Gasteiger partial charge in [-0.2, -0.15) is 0 Å². The smallest absolute Gasteiger partial charge is 0.273 e. The van der Waals surface area contributed by atoms with E-state index in [0.717, 1.165) is 0 Å². The van der Waals surface area contributed by atoms with E-state index in [1.54, 1.807) is 31.2 Å². The number of hydrogen-bond donors (Lipinski definition) is 2. The van der Waals surface area contributed by atoms with Crippen LogP contribution in [0, 0.1) is 17.0 Å². The second kappa shape index (κ2) is 8.82. The Hall–Kier alpha value is -3.13. The summed E-state index contributed by atoms with van der Waals surface area (Å²) in [4.78, 5) is 22.5. The van der Waals surface area contributed by atoms with E-state index in [1.807, 2.05) is 0 Å². The van der Waals surface area contributed by atoms with Crippen LogP contribution >= 0.6 is 0 Å². The van der Waals surface area contributed by atoms with Crippen LogP contribution in [0.15, 0.2) is 42.5 Å².